The van der Waals surface area contributed by atoms with Crippen LogP contribution in [0.2, 0.25) is 0 Å². The molecule has 0 aliphatic heterocycles. The minimum absolute atomic E-state index is 0. The molecule has 0 aliphatic carbocycles. The average Bonchev–Trinajstić information content (AvgIpc) is 3.11. The van der Waals surface area contributed by atoms with Crippen LogP contribution in [0, 0.1) is 0 Å². The maximum absolute atomic E-state index is 2.38. The van der Waals surface area contributed by atoms with Crippen LogP contribution in [0.4, 0.5) is 0 Å². The fraction of sp³-hybridized carbons (Fsp3) is 0.143. The van der Waals surface area contributed by atoms with Crippen molar-refractivity contribution in [3.63, 3.8) is 0 Å². The molecule has 0 fully saturated rings. The summed E-state index contributed by atoms with van der Waals surface area (Å²) in [6, 6.07) is 67.8. The molecule has 0 aliphatic rings. The molecule has 0 saturated carbocycles. The molecule has 2 atom stereocenters. The molecule has 0 bridgehead atoms. The van der Waals surface area contributed by atoms with Crippen LogP contribution >= 0.6 is 15.8 Å². The first-order chi connectivity index (χ1) is 21.9. The van der Waals surface area contributed by atoms with E-state index in [2.05, 4.69) is 182 Å². The predicted octanol–water partition coefficient (Wildman–Crippen LogP) is 6.26. The summed E-state index contributed by atoms with van der Waals surface area (Å²) in [6.07, 6.45) is 4.46. The van der Waals surface area contributed by atoms with Gasteiger partial charge in [0.2, 0.25) is 0 Å². The largest absolute Gasteiger partial charge is 1.00 e. The number of hydrogen-bond donors (Lipinski definition) is 0. The monoisotopic (exact) mass is 744 g/mol. The van der Waals surface area contributed by atoms with Gasteiger partial charge < -0.3 is 12.4 Å². The van der Waals surface area contributed by atoms with Crippen LogP contribution in [0.3, 0.4) is 0 Å². The zero-order valence-corrected chi connectivity index (χ0v) is 30.1. The average molecular weight is 745 g/mol. The van der Waals surface area contributed by atoms with Gasteiger partial charge in [-0.2, -0.15) is 0 Å². The number of hydrogen-bond acceptors (Lipinski definition) is 0. The molecule has 0 nitrogen and oxygen atoms in total. The molecule has 0 spiro atoms. The van der Waals surface area contributed by atoms with E-state index in [-0.39, 0.29) is 31.9 Å². The molecule has 4 heteroatoms. The minimum Gasteiger partial charge on any atom is -1.00 e. The zero-order valence-electron chi connectivity index (χ0n) is 25.9. The third-order valence-electron chi connectivity index (χ3n) is 8.39. The van der Waals surface area contributed by atoms with E-state index in [4.69, 9.17) is 0 Å². The molecule has 6 aromatic carbocycles. The number of rotatable bonds is 13. The van der Waals surface area contributed by atoms with Crippen LogP contribution in [-0.4, -0.2) is 11.3 Å². The second-order valence-corrected chi connectivity index (χ2v) is 16.1. The van der Waals surface area contributed by atoms with Crippen molar-refractivity contribution in [1.82, 2.24) is 0 Å². The molecule has 0 radical (unpaired) electrons. The Bertz CT molecular complexity index is 1450. The molecule has 234 valence electrons. The fourth-order valence-electron chi connectivity index (χ4n) is 6.32. The van der Waals surface area contributed by atoms with Gasteiger partial charge in [0.25, 0.3) is 0 Å². The molecular formula is C42H40ClP2Rh. The van der Waals surface area contributed by atoms with Crippen LogP contribution < -0.4 is 33.6 Å². The number of aryl methyl sites for hydroxylation is 2. The first kappa shape index (κ1) is 35.9. The summed E-state index contributed by atoms with van der Waals surface area (Å²) < 4.78 is 0. The van der Waals surface area contributed by atoms with Gasteiger partial charge in [0.05, 0.1) is 0 Å². The van der Waals surface area contributed by atoms with Crippen LogP contribution in [0.25, 0.3) is 0 Å². The van der Waals surface area contributed by atoms with E-state index < -0.39 is 15.8 Å². The molecule has 0 N–H and O–H groups in total. The summed E-state index contributed by atoms with van der Waals surface area (Å²) in [6.45, 7) is 0. The summed E-state index contributed by atoms with van der Waals surface area (Å²) in [5.74, 6) is 0. The Morgan fingerprint density at radius 1 is 0.326 bits per heavy atom. The van der Waals surface area contributed by atoms with E-state index in [0.717, 1.165) is 25.7 Å². The van der Waals surface area contributed by atoms with Gasteiger partial charge in [-0.25, -0.2) is 0 Å². The van der Waals surface area contributed by atoms with E-state index in [1.807, 2.05) is 0 Å². The molecular weight excluding hydrogens is 705 g/mol. The van der Waals surface area contributed by atoms with Crippen molar-refractivity contribution in [3.8, 4) is 0 Å². The van der Waals surface area contributed by atoms with E-state index in [1.54, 1.807) is 0 Å². The third-order valence-corrected chi connectivity index (χ3v) is 14.6. The Hall–Kier alpha value is -2.91. The molecule has 0 saturated heterocycles. The van der Waals surface area contributed by atoms with E-state index >= 15 is 0 Å². The molecule has 6 rings (SSSR count). The van der Waals surface area contributed by atoms with Gasteiger partial charge in [-0.15, -0.1) is 0 Å². The van der Waals surface area contributed by atoms with Crippen molar-refractivity contribution < 1.29 is 31.9 Å². The summed E-state index contributed by atoms with van der Waals surface area (Å²) in [5, 5.41) is 5.92. The van der Waals surface area contributed by atoms with Crippen LogP contribution in [0.15, 0.2) is 182 Å². The van der Waals surface area contributed by atoms with Crippen molar-refractivity contribution in [1.29, 1.82) is 0 Å². The first-order valence-electron chi connectivity index (χ1n) is 15.7. The summed E-state index contributed by atoms with van der Waals surface area (Å²) >= 11 is 0. The van der Waals surface area contributed by atoms with Crippen LogP contribution in [0.5, 0.6) is 0 Å². The smallest absolute Gasteiger partial charge is 1.00 e. The van der Waals surface area contributed by atoms with Crippen LogP contribution in [-0.2, 0) is 32.3 Å². The number of halogens is 1. The van der Waals surface area contributed by atoms with Gasteiger partial charge in [0.1, 0.15) is 0 Å². The van der Waals surface area contributed by atoms with Crippen molar-refractivity contribution in [2.24, 2.45) is 0 Å². The molecule has 6 aromatic rings. The van der Waals surface area contributed by atoms with E-state index in [9.17, 15) is 0 Å². The zero-order chi connectivity index (χ0) is 29.8. The molecule has 0 amide bonds. The Labute approximate surface area is 297 Å². The Morgan fingerprint density at radius 3 is 0.783 bits per heavy atom. The third kappa shape index (κ3) is 9.57. The summed E-state index contributed by atoms with van der Waals surface area (Å²) in [4.78, 5) is 0. The second-order valence-electron chi connectivity index (χ2n) is 11.3. The van der Waals surface area contributed by atoms with E-state index in [1.165, 1.54) is 32.3 Å². The molecule has 2 unspecified atom stereocenters. The molecule has 46 heavy (non-hydrogen) atoms. The Kier molecular flexibility index (Phi) is 14.9. The first-order valence-corrected chi connectivity index (χ1v) is 18.6. The second kappa shape index (κ2) is 19.0. The normalized spacial score (nSPS) is 12.1. The van der Waals surface area contributed by atoms with Crippen molar-refractivity contribution >= 4 is 37.1 Å². The predicted molar refractivity (Wildman–Crippen MR) is 195 cm³/mol. The van der Waals surface area contributed by atoms with Crippen molar-refractivity contribution in [3.05, 3.63) is 193 Å². The van der Waals surface area contributed by atoms with Gasteiger partial charge in [-0.1, -0.05) is 182 Å². The van der Waals surface area contributed by atoms with Gasteiger partial charge >= 0.3 is 19.5 Å². The van der Waals surface area contributed by atoms with Gasteiger partial charge in [-0.05, 0) is 85.2 Å². The molecule has 0 heterocycles. The topological polar surface area (TPSA) is 0 Å². The van der Waals surface area contributed by atoms with Crippen molar-refractivity contribution in [2.45, 2.75) is 37.0 Å². The maximum Gasteiger partial charge on any atom is 1.00 e. The summed E-state index contributed by atoms with van der Waals surface area (Å²) in [7, 11) is -1.25. The quantitative estimate of drug-likeness (QED) is 0.0969. The van der Waals surface area contributed by atoms with Gasteiger partial charge in [0, 0.05) is 0 Å². The summed E-state index contributed by atoms with van der Waals surface area (Å²) in [5.41, 5.74) is 3.84. The fourth-order valence-corrected chi connectivity index (χ4v) is 13.0. The maximum atomic E-state index is 2.38. The standard InChI is InChI=1S/C42H40P2.ClH.Rh/c1-7-19-35(20-8-1)31-33-41(43(37-23-11-3-12-24-37)38-25-13-4-14-26-38)42(34-32-36-21-9-2-10-22-36)44(39-27-15-5-16-28-39)40-29-17-6-18-30-40;;/h1-30,41-42H,31-34H2;1H;/q;;+1/p-1. The Balaban J connectivity index is 0.00000240. The van der Waals surface area contributed by atoms with Gasteiger partial charge in [-0.3, -0.25) is 0 Å². The Morgan fingerprint density at radius 2 is 0.543 bits per heavy atom. The van der Waals surface area contributed by atoms with E-state index in [0.29, 0.717) is 11.3 Å². The number of benzene rings is 6. The minimum atomic E-state index is -0.627. The van der Waals surface area contributed by atoms with Crippen LogP contribution in [0.1, 0.15) is 24.0 Å². The molecule has 0 aromatic heterocycles. The SMILES string of the molecule is [Cl-].[Rh+].c1ccc(CCC(C(CCc2ccccc2)P(c2ccccc2)c2ccccc2)P(c2ccccc2)c2ccccc2)cc1. The van der Waals surface area contributed by atoms with Crippen molar-refractivity contribution in [2.75, 3.05) is 0 Å². The van der Waals surface area contributed by atoms with Gasteiger partial charge in [0.15, 0.2) is 0 Å².